The molecular formula is C7H5ClN4O. The highest BCUT2D eigenvalue weighted by molar-refractivity contribution is 6.32. The fourth-order valence-electron chi connectivity index (χ4n) is 0.873. The Morgan fingerprint density at radius 1 is 1.38 bits per heavy atom. The van der Waals surface area contributed by atoms with Gasteiger partial charge in [-0.05, 0) is 12.1 Å². The summed E-state index contributed by atoms with van der Waals surface area (Å²) in [6.07, 6.45) is 1.58. The molecule has 0 aliphatic rings. The first kappa shape index (κ1) is 8.00. The molecule has 2 rings (SSSR count). The van der Waals surface area contributed by atoms with E-state index in [1.807, 2.05) is 0 Å². The zero-order chi connectivity index (χ0) is 9.26. The Kier molecular flexibility index (Phi) is 1.86. The summed E-state index contributed by atoms with van der Waals surface area (Å²) < 4.78 is 4.96. The van der Waals surface area contributed by atoms with Crippen LogP contribution >= 0.6 is 11.6 Å². The second kappa shape index (κ2) is 3.02. The van der Waals surface area contributed by atoms with Crippen molar-refractivity contribution >= 4 is 17.6 Å². The molecule has 0 spiro atoms. The monoisotopic (exact) mass is 196 g/mol. The third-order valence-corrected chi connectivity index (χ3v) is 1.71. The Bertz CT molecular complexity index is 428. The number of rotatable bonds is 1. The van der Waals surface area contributed by atoms with E-state index in [0.29, 0.717) is 10.7 Å². The molecule has 0 bridgehead atoms. The van der Waals surface area contributed by atoms with Gasteiger partial charge < -0.3 is 10.2 Å². The van der Waals surface area contributed by atoms with Crippen LogP contribution in [0.5, 0.6) is 0 Å². The maximum absolute atomic E-state index is 5.84. The summed E-state index contributed by atoms with van der Waals surface area (Å²) in [6, 6.07) is 3.40. The minimum absolute atomic E-state index is 0.00304. The molecule has 66 valence electrons. The van der Waals surface area contributed by atoms with E-state index in [1.165, 1.54) is 0 Å². The average Bonchev–Trinajstić information content (AvgIpc) is 2.53. The van der Waals surface area contributed by atoms with Gasteiger partial charge in [0.2, 0.25) is 0 Å². The van der Waals surface area contributed by atoms with Crippen LogP contribution in [0.25, 0.3) is 11.6 Å². The number of nitrogens with zero attached hydrogens (tertiary/aromatic N) is 3. The molecule has 0 saturated heterocycles. The fourth-order valence-corrected chi connectivity index (χ4v) is 1.08. The van der Waals surface area contributed by atoms with E-state index >= 15 is 0 Å². The minimum Gasteiger partial charge on any atom is -0.402 e. The van der Waals surface area contributed by atoms with Gasteiger partial charge in [-0.15, -0.1) is 5.10 Å². The lowest BCUT2D eigenvalue weighted by Crippen LogP contribution is -1.83. The second-order valence-corrected chi connectivity index (χ2v) is 2.69. The summed E-state index contributed by atoms with van der Waals surface area (Å²) in [5.74, 6) is 0.225. The number of nitrogen functional groups attached to an aromatic ring is 1. The lowest BCUT2D eigenvalue weighted by atomic mass is 10.3. The number of hydrogen-bond donors (Lipinski definition) is 1. The molecule has 2 heterocycles. The standard InChI is InChI=1S/C7H5ClN4O/c8-4-2-1-3-10-5(4)6-11-12-7(9)13-6/h1-3H,(H2,9,12). The van der Waals surface area contributed by atoms with E-state index in [-0.39, 0.29) is 11.9 Å². The molecule has 2 aromatic rings. The van der Waals surface area contributed by atoms with Crippen molar-refractivity contribution in [3.8, 4) is 11.6 Å². The van der Waals surface area contributed by atoms with Crippen LogP contribution in [0.3, 0.4) is 0 Å². The molecule has 2 aromatic heterocycles. The van der Waals surface area contributed by atoms with Gasteiger partial charge in [0.1, 0.15) is 5.69 Å². The van der Waals surface area contributed by atoms with Gasteiger partial charge in [0.15, 0.2) is 0 Å². The highest BCUT2D eigenvalue weighted by Crippen LogP contribution is 2.23. The van der Waals surface area contributed by atoms with Crippen LogP contribution in [0.15, 0.2) is 22.7 Å². The van der Waals surface area contributed by atoms with Crippen LogP contribution in [-0.4, -0.2) is 15.2 Å². The second-order valence-electron chi connectivity index (χ2n) is 2.28. The summed E-state index contributed by atoms with van der Waals surface area (Å²) >= 11 is 5.84. The molecule has 0 aliphatic heterocycles. The lowest BCUT2D eigenvalue weighted by Gasteiger charge is -1.94. The number of aromatic nitrogens is 3. The van der Waals surface area contributed by atoms with Crippen molar-refractivity contribution in [2.75, 3.05) is 5.73 Å². The number of halogens is 1. The molecule has 0 amide bonds. The van der Waals surface area contributed by atoms with Gasteiger partial charge in [-0.3, -0.25) is 0 Å². The zero-order valence-electron chi connectivity index (χ0n) is 6.44. The Morgan fingerprint density at radius 3 is 2.85 bits per heavy atom. The minimum atomic E-state index is -0.00304. The Balaban J connectivity index is 2.52. The molecule has 2 N–H and O–H groups in total. The first-order valence-electron chi connectivity index (χ1n) is 3.47. The van der Waals surface area contributed by atoms with Crippen LogP contribution in [0, 0.1) is 0 Å². The molecule has 0 unspecified atom stereocenters. The maximum Gasteiger partial charge on any atom is 0.313 e. The molecule has 0 aliphatic carbocycles. The van der Waals surface area contributed by atoms with Crippen molar-refractivity contribution in [1.82, 2.24) is 15.2 Å². The smallest absolute Gasteiger partial charge is 0.313 e. The SMILES string of the molecule is Nc1nnc(-c2ncccc2Cl)o1. The van der Waals surface area contributed by atoms with E-state index in [4.69, 9.17) is 21.8 Å². The van der Waals surface area contributed by atoms with Crippen molar-refractivity contribution < 1.29 is 4.42 Å². The van der Waals surface area contributed by atoms with Crippen molar-refractivity contribution in [3.63, 3.8) is 0 Å². The van der Waals surface area contributed by atoms with Gasteiger partial charge in [-0.25, -0.2) is 4.98 Å². The number of pyridine rings is 1. The molecule has 5 nitrogen and oxygen atoms in total. The Morgan fingerprint density at radius 2 is 2.23 bits per heavy atom. The van der Waals surface area contributed by atoms with Gasteiger partial charge >= 0.3 is 6.01 Å². The van der Waals surface area contributed by atoms with Crippen molar-refractivity contribution in [2.24, 2.45) is 0 Å². The van der Waals surface area contributed by atoms with Crippen LogP contribution < -0.4 is 5.73 Å². The molecule has 6 heteroatoms. The number of anilines is 1. The van der Waals surface area contributed by atoms with Gasteiger partial charge in [0.25, 0.3) is 5.89 Å². The quantitative estimate of drug-likeness (QED) is 0.745. The van der Waals surface area contributed by atoms with Gasteiger partial charge in [0.05, 0.1) is 5.02 Å². The van der Waals surface area contributed by atoms with Gasteiger partial charge in [-0.2, -0.15) is 0 Å². The molecule has 0 atom stereocenters. The normalized spacial score (nSPS) is 10.2. The van der Waals surface area contributed by atoms with Crippen LogP contribution in [0.1, 0.15) is 0 Å². The number of hydrogen-bond acceptors (Lipinski definition) is 5. The maximum atomic E-state index is 5.84. The summed E-state index contributed by atoms with van der Waals surface area (Å²) in [4.78, 5) is 3.98. The summed E-state index contributed by atoms with van der Waals surface area (Å²) in [5.41, 5.74) is 5.69. The van der Waals surface area contributed by atoms with E-state index in [1.54, 1.807) is 18.3 Å². The molecule has 0 fully saturated rings. The highest BCUT2D eigenvalue weighted by Gasteiger charge is 2.10. The van der Waals surface area contributed by atoms with Gasteiger partial charge in [0, 0.05) is 6.20 Å². The van der Waals surface area contributed by atoms with E-state index in [2.05, 4.69) is 15.2 Å². The van der Waals surface area contributed by atoms with Gasteiger partial charge in [-0.1, -0.05) is 16.7 Å². The number of nitrogens with two attached hydrogens (primary N) is 1. The highest BCUT2D eigenvalue weighted by atomic mass is 35.5. The largest absolute Gasteiger partial charge is 0.402 e. The molecule has 0 aromatic carbocycles. The van der Waals surface area contributed by atoms with Crippen LogP contribution in [-0.2, 0) is 0 Å². The predicted molar refractivity (Wildman–Crippen MR) is 47.0 cm³/mol. The average molecular weight is 197 g/mol. The molecular weight excluding hydrogens is 192 g/mol. The van der Waals surface area contributed by atoms with E-state index in [0.717, 1.165) is 0 Å². The predicted octanol–water partition coefficient (Wildman–Crippen LogP) is 1.37. The fraction of sp³-hybridized carbons (Fsp3) is 0. The summed E-state index contributed by atoms with van der Waals surface area (Å²) in [6.45, 7) is 0. The Hall–Kier alpha value is -1.62. The zero-order valence-corrected chi connectivity index (χ0v) is 7.19. The van der Waals surface area contributed by atoms with Crippen molar-refractivity contribution in [3.05, 3.63) is 23.4 Å². The van der Waals surface area contributed by atoms with E-state index in [9.17, 15) is 0 Å². The lowest BCUT2D eigenvalue weighted by molar-refractivity contribution is 0.588. The van der Waals surface area contributed by atoms with Crippen LogP contribution in [0.2, 0.25) is 5.02 Å². The third-order valence-electron chi connectivity index (χ3n) is 1.40. The Labute approximate surface area is 78.6 Å². The van der Waals surface area contributed by atoms with E-state index < -0.39 is 0 Å². The van der Waals surface area contributed by atoms with Crippen molar-refractivity contribution in [2.45, 2.75) is 0 Å². The molecule has 0 radical (unpaired) electrons. The summed E-state index contributed by atoms with van der Waals surface area (Å²) in [5, 5.41) is 7.60. The van der Waals surface area contributed by atoms with Crippen LogP contribution in [0.4, 0.5) is 6.01 Å². The topological polar surface area (TPSA) is 77.8 Å². The first-order valence-corrected chi connectivity index (χ1v) is 3.85. The first-order chi connectivity index (χ1) is 6.27. The van der Waals surface area contributed by atoms with Crippen molar-refractivity contribution in [1.29, 1.82) is 0 Å². The summed E-state index contributed by atoms with van der Waals surface area (Å²) in [7, 11) is 0. The third kappa shape index (κ3) is 1.46. The molecule has 0 saturated carbocycles. The molecule has 13 heavy (non-hydrogen) atoms.